The third-order valence-corrected chi connectivity index (χ3v) is 6.47. The van der Waals surface area contributed by atoms with Crippen LogP contribution in [0.25, 0.3) is 0 Å². The topological polar surface area (TPSA) is 27.7 Å². The van der Waals surface area contributed by atoms with E-state index in [-0.39, 0.29) is 23.9 Å². The minimum atomic E-state index is -0.287. The Morgan fingerprint density at radius 1 is 0.917 bits per heavy atom. The van der Waals surface area contributed by atoms with E-state index in [9.17, 15) is 0 Å². The summed E-state index contributed by atoms with van der Waals surface area (Å²) in [6.07, 6.45) is 4.65. The van der Waals surface area contributed by atoms with Gasteiger partial charge < -0.3 is 14.0 Å². The summed E-state index contributed by atoms with van der Waals surface area (Å²) < 4.78 is 17.9. The summed E-state index contributed by atoms with van der Waals surface area (Å²) in [5.41, 5.74) is 2.02. The average Bonchev–Trinajstić information content (AvgIpc) is 2.76. The van der Waals surface area contributed by atoms with Gasteiger partial charge in [-0.15, -0.1) is 0 Å². The van der Waals surface area contributed by atoms with E-state index in [2.05, 4.69) is 58.9 Å². The van der Waals surface area contributed by atoms with Crippen LogP contribution in [0.3, 0.4) is 0 Å². The quantitative estimate of drug-likeness (QED) is 0.783. The van der Waals surface area contributed by atoms with Crippen molar-refractivity contribution < 1.29 is 14.0 Å². The van der Waals surface area contributed by atoms with E-state index in [0.29, 0.717) is 5.92 Å². The summed E-state index contributed by atoms with van der Waals surface area (Å²) in [4.78, 5) is 0. The maximum Gasteiger partial charge on any atom is 0.494 e. The summed E-state index contributed by atoms with van der Waals surface area (Å²) in [5.74, 6) is 0.639. The zero-order chi connectivity index (χ0) is 17.6. The first-order valence-electron chi connectivity index (χ1n) is 9.16. The van der Waals surface area contributed by atoms with Crippen LogP contribution >= 0.6 is 0 Å². The van der Waals surface area contributed by atoms with E-state index in [1.807, 2.05) is 7.11 Å². The highest BCUT2D eigenvalue weighted by Gasteiger charge is 2.51. The van der Waals surface area contributed by atoms with Crippen LogP contribution in [0.5, 0.6) is 0 Å². The van der Waals surface area contributed by atoms with E-state index in [0.717, 1.165) is 18.3 Å². The molecule has 2 aliphatic rings. The number of ether oxygens (including phenoxy) is 1. The Hall–Kier alpha value is -0.835. The minimum Gasteiger partial charge on any atom is -0.399 e. The van der Waals surface area contributed by atoms with Gasteiger partial charge in [-0.1, -0.05) is 24.3 Å². The fourth-order valence-electron chi connectivity index (χ4n) is 3.67. The van der Waals surface area contributed by atoms with Gasteiger partial charge in [0.15, 0.2) is 0 Å². The maximum absolute atomic E-state index is 6.14. The van der Waals surface area contributed by atoms with Gasteiger partial charge >= 0.3 is 7.12 Å². The molecule has 3 rings (SSSR count). The van der Waals surface area contributed by atoms with Gasteiger partial charge in [-0.3, -0.25) is 0 Å². The zero-order valence-electron chi connectivity index (χ0n) is 16.0. The molecule has 1 aromatic carbocycles. The Morgan fingerprint density at radius 2 is 1.42 bits per heavy atom. The van der Waals surface area contributed by atoms with Gasteiger partial charge in [0.25, 0.3) is 0 Å². The van der Waals surface area contributed by atoms with Crippen LogP contribution in [0.1, 0.15) is 71.8 Å². The average molecular weight is 330 g/mol. The van der Waals surface area contributed by atoms with Crippen LogP contribution < -0.4 is 5.46 Å². The van der Waals surface area contributed by atoms with E-state index in [1.165, 1.54) is 18.4 Å². The van der Waals surface area contributed by atoms with Crippen molar-refractivity contribution in [3.05, 3.63) is 29.8 Å². The number of methoxy groups -OCH3 is 1. The lowest BCUT2D eigenvalue weighted by Gasteiger charge is -2.36. The van der Waals surface area contributed by atoms with Crippen molar-refractivity contribution in [2.75, 3.05) is 7.11 Å². The summed E-state index contributed by atoms with van der Waals surface area (Å²) in [7, 11) is 1.56. The Bertz CT molecular complexity index is 555. The largest absolute Gasteiger partial charge is 0.494 e. The monoisotopic (exact) mass is 330 g/mol. The number of benzene rings is 1. The van der Waals surface area contributed by atoms with Crippen LogP contribution in [0, 0.1) is 0 Å². The smallest absolute Gasteiger partial charge is 0.399 e. The Labute approximate surface area is 147 Å². The molecule has 0 radical (unpaired) electrons. The molecule has 0 spiro atoms. The first-order valence-corrected chi connectivity index (χ1v) is 9.16. The number of hydrogen-bond donors (Lipinski definition) is 0. The Kier molecular flexibility index (Phi) is 4.61. The van der Waals surface area contributed by atoms with E-state index >= 15 is 0 Å². The molecule has 0 bridgehead atoms. The maximum atomic E-state index is 6.14. The molecule has 0 aromatic heterocycles. The van der Waals surface area contributed by atoms with Crippen LogP contribution in [0.2, 0.25) is 0 Å². The highest BCUT2D eigenvalue weighted by Crippen LogP contribution is 2.39. The van der Waals surface area contributed by atoms with Crippen molar-refractivity contribution in [3.63, 3.8) is 0 Å². The summed E-state index contributed by atoms with van der Waals surface area (Å²) in [6.45, 7) is 10.6. The molecule has 4 heteroatoms. The Morgan fingerprint density at radius 3 is 1.88 bits per heavy atom. The lowest BCUT2D eigenvalue weighted by molar-refractivity contribution is -0.0271. The molecule has 1 saturated heterocycles. The predicted molar refractivity (Wildman–Crippen MR) is 98.8 cm³/mol. The van der Waals surface area contributed by atoms with Gasteiger partial charge in [-0.25, -0.2) is 0 Å². The number of hydrogen-bond acceptors (Lipinski definition) is 3. The van der Waals surface area contributed by atoms with Crippen LogP contribution in [0.15, 0.2) is 24.3 Å². The van der Waals surface area contributed by atoms with Gasteiger partial charge in [0, 0.05) is 7.11 Å². The molecule has 1 saturated carbocycles. The second-order valence-electron chi connectivity index (χ2n) is 8.68. The summed E-state index contributed by atoms with van der Waals surface area (Å²) in [6, 6.07) is 8.84. The predicted octanol–water partition coefficient (Wildman–Crippen LogP) is 4.05. The second kappa shape index (κ2) is 6.15. The van der Waals surface area contributed by atoms with Crippen molar-refractivity contribution in [1.29, 1.82) is 0 Å². The zero-order valence-corrected chi connectivity index (χ0v) is 16.0. The SMILES string of the molecule is COC1(C)CCC(c2ccc(B3OC(C)(C)C(C)(C)O3)cc2)CC1. The van der Waals surface area contributed by atoms with Crippen LogP contribution in [0.4, 0.5) is 0 Å². The third kappa shape index (κ3) is 3.29. The first-order chi connectivity index (χ1) is 11.2. The van der Waals surface area contributed by atoms with Crippen molar-refractivity contribution in [1.82, 2.24) is 0 Å². The molecule has 0 amide bonds. The standard InChI is InChI=1S/C20H31BO3/c1-18(2)19(3,4)24-21(23-18)17-9-7-15(8-10-17)16-11-13-20(5,22-6)14-12-16/h7-10,16H,11-14H2,1-6H3. The van der Waals surface area contributed by atoms with Gasteiger partial charge in [-0.05, 0) is 77.2 Å². The molecule has 24 heavy (non-hydrogen) atoms. The van der Waals surface area contributed by atoms with Gasteiger partial charge in [0.1, 0.15) is 0 Å². The van der Waals surface area contributed by atoms with E-state index in [4.69, 9.17) is 14.0 Å². The molecule has 0 atom stereocenters. The third-order valence-electron chi connectivity index (χ3n) is 6.47. The second-order valence-corrected chi connectivity index (χ2v) is 8.68. The van der Waals surface area contributed by atoms with Crippen molar-refractivity contribution >= 4 is 12.6 Å². The molecule has 1 aliphatic heterocycles. The highest BCUT2D eigenvalue weighted by atomic mass is 16.7. The van der Waals surface area contributed by atoms with Crippen molar-refractivity contribution in [2.45, 2.75) is 83.0 Å². The fourth-order valence-corrected chi connectivity index (χ4v) is 3.67. The minimum absolute atomic E-state index is 0.0686. The highest BCUT2D eigenvalue weighted by molar-refractivity contribution is 6.62. The van der Waals surface area contributed by atoms with E-state index in [1.54, 1.807) is 0 Å². The molecular formula is C20H31BO3. The lowest BCUT2D eigenvalue weighted by atomic mass is 9.74. The molecule has 1 aromatic rings. The summed E-state index contributed by atoms with van der Waals surface area (Å²) >= 11 is 0. The van der Waals surface area contributed by atoms with Crippen LogP contribution in [-0.4, -0.2) is 31.0 Å². The molecule has 3 nitrogen and oxygen atoms in total. The molecule has 0 unspecified atom stereocenters. The van der Waals surface area contributed by atoms with Crippen LogP contribution in [-0.2, 0) is 14.0 Å². The Balaban J connectivity index is 1.67. The van der Waals surface area contributed by atoms with Gasteiger partial charge in [-0.2, -0.15) is 0 Å². The summed E-state index contributed by atoms with van der Waals surface area (Å²) in [5, 5.41) is 0. The molecule has 2 fully saturated rings. The van der Waals surface area contributed by atoms with E-state index < -0.39 is 0 Å². The van der Waals surface area contributed by atoms with Crippen molar-refractivity contribution in [2.24, 2.45) is 0 Å². The normalized spacial score (nSPS) is 32.1. The lowest BCUT2D eigenvalue weighted by Crippen LogP contribution is -2.41. The fraction of sp³-hybridized carbons (Fsp3) is 0.700. The molecule has 1 heterocycles. The molecule has 0 N–H and O–H groups in total. The molecular weight excluding hydrogens is 299 g/mol. The number of rotatable bonds is 3. The molecule has 1 aliphatic carbocycles. The van der Waals surface area contributed by atoms with Gasteiger partial charge in [0.2, 0.25) is 0 Å². The van der Waals surface area contributed by atoms with Gasteiger partial charge in [0.05, 0.1) is 16.8 Å². The first kappa shape index (κ1) is 18.0. The van der Waals surface area contributed by atoms with Crippen molar-refractivity contribution in [3.8, 4) is 0 Å². The molecule has 132 valence electrons.